The molecule has 0 bridgehead atoms. The lowest BCUT2D eigenvalue weighted by atomic mass is 9.95. The van der Waals surface area contributed by atoms with Crippen molar-refractivity contribution < 1.29 is 20.5 Å². The molecule has 0 saturated heterocycles. The molecule has 35 heavy (non-hydrogen) atoms. The fraction of sp³-hybridized carbons (Fsp3) is 0.385. The Morgan fingerprint density at radius 2 is 1.66 bits per heavy atom. The Morgan fingerprint density at radius 1 is 0.971 bits per heavy atom. The molecule has 9 nitrogen and oxygen atoms in total. The first-order chi connectivity index (χ1) is 17.2. The van der Waals surface area contributed by atoms with Gasteiger partial charge in [-0.2, -0.15) is 15.4 Å². The van der Waals surface area contributed by atoms with Crippen LogP contribution in [-0.2, 0) is 25.6 Å². The minimum Gasteiger partial charge on any atom is -0.382 e. The zero-order valence-electron chi connectivity index (χ0n) is 20.5. The summed E-state index contributed by atoms with van der Waals surface area (Å²) in [5.41, 5.74) is 4.92. The molecule has 0 fully saturated rings. The number of nitrogens with zero attached hydrogens (tertiary/aromatic N) is 3. The van der Waals surface area contributed by atoms with Crippen LogP contribution in [0.15, 0.2) is 48.5 Å². The normalized spacial score (nSPS) is 11.7. The number of para-hydroxylation sites is 1. The number of benzene rings is 2. The fourth-order valence-corrected chi connectivity index (χ4v) is 3.83. The van der Waals surface area contributed by atoms with Crippen LogP contribution < -0.4 is 10.2 Å². The summed E-state index contributed by atoms with van der Waals surface area (Å²) in [5.74, 6) is -0.311. The summed E-state index contributed by atoms with van der Waals surface area (Å²) in [6.45, 7) is 6.17. The van der Waals surface area contributed by atoms with E-state index in [0.29, 0.717) is 38.6 Å². The van der Waals surface area contributed by atoms with Crippen LogP contribution in [0.1, 0.15) is 33.7 Å². The molecule has 1 aliphatic heterocycles. The summed E-state index contributed by atoms with van der Waals surface area (Å²) in [5, 5.41) is 14.2. The van der Waals surface area contributed by atoms with Gasteiger partial charge in [-0.25, -0.2) is 0 Å². The van der Waals surface area contributed by atoms with Crippen LogP contribution >= 0.6 is 0 Å². The zero-order valence-corrected chi connectivity index (χ0v) is 20.5. The highest BCUT2D eigenvalue weighted by Crippen LogP contribution is 2.39. The van der Waals surface area contributed by atoms with Crippen molar-refractivity contribution in [1.29, 1.82) is 0 Å². The third-order valence-corrected chi connectivity index (χ3v) is 5.47. The Morgan fingerprint density at radius 3 is 2.43 bits per heavy atom. The molecule has 0 unspecified atom stereocenters. The number of methoxy groups -OCH3 is 1. The zero-order chi connectivity index (χ0) is 25.0. The van der Waals surface area contributed by atoms with E-state index in [1.165, 1.54) is 0 Å². The average molecular weight is 482 g/mol. The summed E-state index contributed by atoms with van der Waals surface area (Å²) >= 11 is 0. The molecule has 1 aliphatic rings. The summed E-state index contributed by atoms with van der Waals surface area (Å²) in [6.07, 6.45) is 0.199. The van der Waals surface area contributed by atoms with Crippen LogP contribution in [-0.4, -0.2) is 60.7 Å². The summed E-state index contributed by atoms with van der Waals surface area (Å²) in [4.78, 5) is 27.3. The Balaban J connectivity index is 0.00000148. The molecule has 2 amide bonds. The van der Waals surface area contributed by atoms with Crippen LogP contribution in [0.2, 0.25) is 0 Å². The number of H-pyrrole nitrogens is 1. The molecule has 3 aromatic rings. The molecule has 0 atom stereocenters. The van der Waals surface area contributed by atoms with Crippen molar-refractivity contribution in [2.24, 2.45) is 0 Å². The number of amides is 2. The molecule has 0 saturated carbocycles. The van der Waals surface area contributed by atoms with Gasteiger partial charge in [0, 0.05) is 39.0 Å². The van der Waals surface area contributed by atoms with Gasteiger partial charge in [-0.1, -0.05) is 56.3 Å². The van der Waals surface area contributed by atoms with Crippen molar-refractivity contribution in [3.63, 3.8) is 0 Å². The predicted molar refractivity (Wildman–Crippen MR) is 137 cm³/mol. The number of anilines is 1. The second-order valence-electron chi connectivity index (χ2n) is 7.63. The number of ether oxygens (including phenoxy) is 2. The van der Waals surface area contributed by atoms with Crippen molar-refractivity contribution in [3.05, 3.63) is 54.1 Å². The number of aromatic nitrogens is 3. The maximum Gasteiger partial charge on any atom is 0.227 e. The molecular formula is C26H35N5O4. The Labute approximate surface area is 207 Å². The van der Waals surface area contributed by atoms with E-state index in [4.69, 9.17) is 9.47 Å². The number of carbonyl (C=O) groups excluding carboxylic acids is 2. The predicted octanol–water partition coefficient (Wildman–Crippen LogP) is 3.82. The van der Waals surface area contributed by atoms with Gasteiger partial charge in [-0.05, 0) is 11.6 Å². The minimum absolute atomic E-state index is 0. The summed E-state index contributed by atoms with van der Waals surface area (Å²) in [7, 11) is 1.61. The van der Waals surface area contributed by atoms with Gasteiger partial charge in [0.1, 0.15) is 11.4 Å². The number of carbonyl (C=O) groups is 2. The van der Waals surface area contributed by atoms with E-state index in [9.17, 15) is 9.59 Å². The number of hydrogen-bond acceptors (Lipinski definition) is 6. The quantitative estimate of drug-likeness (QED) is 0.450. The average Bonchev–Trinajstić information content (AvgIpc) is 3.37. The molecule has 2 aromatic carbocycles. The molecule has 0 radical (unpaired) electrons. The van der Waals surface area contributed by atoms with Gasteiger partial charge in [0.2, 0.25) is 11.8 Å². The fourth-order valence-electron chi connectivity index (χ4n) is 3.83. The maximum atomic E-state index is 13.3. The van der Waals surface area contributed by atoms with Gasteiger partial charge in [0.15, 0.2) is 0 Å². The molecule has 4 rings (SSSR count). The van der Waals surface area contributed by atoms with Crippen LogP contribution in [0, 0.1) is 0 Å². The molecule has 188 valence electrons. The third kappa shape index (κ3) is 6.52. The molecule has 0 aliphatic carbocycles. The monoisotopic (exact) mass is 481 g/mol. The van der Waals surface area contributed by atoms with E-state index in [0.717, 1.165) is 28.1 Å². The highest BCUT2D eigenvalue weighted by Gasteiger charge is 2.27. The van der Waals surface area contributed by atoms with Gasteiger partial charge in [-0.3, -0.25) is 9.59 Å². The van der Waals surface area contributed by atoms with Crippen LogP contribution in [0.3, 0.4) is 0 Å². The topological polar surface area (TPSA) is 109 Å². The van der Waals surface area contributed by atoms with E-state index in [2.05, 4.69) is 20.7 Å². The van der Waals surface area contributed by atoms with Gasteiger partial charge < -0.3 is 19.7 Å². The van der Waals surface area contributed by atoms with Gasteiger partial charge in [0.05, 0.1) is 32.1 Å². The highest BCUT2D eigenvalue weighted by molar-refractivity contribution is 6.01. The van der Waals surface area contributed by atoms with Crippen LogP contribution in [0.5, 0.6) is 0 Å². The van der Waals surface area contributed by atoms with Gasteiger partial charge in [0.25, 0.3) is 0 Å². The Kier molecular flexibility index (Phi) is 9.94. The molecule has 2 heterocycles. The second-order valence-corrected chi connectivity index (χ2v) is 7.63. The van der Waals surface area contributed by atoms with E-state index >= 15 is 0 Å². The third-order valence-electron chi connectivity index (χ3n) is 5.47. The highest BCUT2D eigenvalue weighted by atomic mass is 16.5. The second kappa shape index (κ2) is 13.4. The Bertz CT molecular complexity index is 1120. The van der Waals surface area contributed by atoms with E-state index in [1.807, 2.05) is 62.4 Å². The van der Waals surface area contributed by atoms with Crippen molar-refractivity contribution in [1.82, 2.24) is 20.7 Å². The first kappa shape index (κ1) is 26.1. The lowest BCUT2D eigenvalue weighted by molar-refractivity contribution is -0.125. The van der Waals surface area contributed by atoms with Crippen molar-refractivity contribution in [2.75, 3.05) is 38.4 Å². The number of fused-ring (bicyclic) bond motifs is 5. The number of aromatic amines is 1. The Hall–Kier alpha value is -3.56. The molecule has 2 N–H and O–H groups in total. The summed E-state index contributed by atoms with van der Waals surface area (Å²) in [6, 6.07) is 15.5. The van der Waals surface area contributed by atoms with Crippen LogP contribution in [0.4, 0.5) is 5.69 Å². The smallest absolute Gasteiger partial charge is 0.227 e. The summed E-state index contributed by atoms with van der Waals surface area (Å²) < 4.78 is 10.2. The largest absolute Gasteiger partial charge is 0.382 e. The first-order valence-electron chi connectivity index (χ1n) is 11.9. The SMILES string of the molecule is CC.COCCOCCNC(=O)CCC(=O)N1Cc2ccccc2-c2n[nH]nc2-c2ccccc21.[HH]. The minimum atomic E-state index is -0.182. The number of hydrogen-bond donors (Lipinski definition) is 2. The van der Waals surface area contributed by atoms with Gasteiger partial charge in [-0.15, -0.1) is 0 Å². The standard InChI is InChI=1S/C24H27N5O4.C2H6.H2/c1-32-14-15-33-13-12-25-21(30)10-11-22(31)29-16-17-6-2-3-7-18(17)23-24(27-28-26-23)19-8-4-5-9-20(19)29;1-2;/h2-9H,10-16H2,1H3,(H,25,30)(H,26,27,28);1-2H3;1H. The molecule has 0 spiro atoms. The van der Waals surface area contributed by atoms with E-state index in [1.54, 1.807) is 12.0 Å². The van der Waals surface area contributed by atoms with Gasteiger partial charge >= 0.3 is 0 Å². The molecule has 1 aromatic heterocycles. The molecular weight excluding hydrogens is 446 g/mol. The van der Waals surface area contributed by atoms with Crippen molar-refractivity contribution in [3.8, 4) is 22.5 Å². The van der Waals surface area contributed by atoms with E-state index < -0.39 is 0 Å². The number of nitrogens with one attached hydrogen (secondary N) is 2. The lowest BCUT2D eigenvalue weighted by Crippen LogP contribution is -2.33. The van der Waals surface area contributed by atoms with Crippen molar-refractivity contribution in [2.45, 2.75) is 33.2 Å². The van der Waals surface area contributed by atoms with Crippen LogP contribution in [0.25, 0.3) is 22.5 Å². The molecule has 9 heteroatoms. The first-order valence-corrected chi connectivity index (χ1v) is 11.9. The van der Waals surface area contributed by atoms with Crippen molar-refractivity contribution >= 4 is 17.5 Å². The maximum absolute atomic E-state index is 13.3. The van der Waals surface area contributed by atoms with E-state index in [-0.39, 0.29) is 26.1 Å². The number of rotatable bonds is 9. The lowest BCUT2D eigenvalue weighted by Gasteiger charge is -2.28.